The van der Waals surface area contributed by atoms with Crippen molar-refractivity contribution in [2.45, 2.75) is 18.4 Å². The van der Waals surface area contributed by atoms with Gasteiger partial charge in [-0.3, -0.25) is 9.48 Å². The van der Waals surface area contributed by atoms with Crippen molar-refractivity contribution in [1.82, 2.24) is 9.78 Å². The van der Waals surface area contributed by atoms with Gasteiger partial charge in [0.15, 0.2) is 5.75 Å². The van der Waals surface area contributed by atoms with Crippen molar-refractivity contribution in [3.05, 3.63) is 11.9 Å². The first-order chi connectivity index (χ1) is 8.64. The van der Waals surface area contributed by atoms with E-state index in [1.165, 1.54) is 18.0 Å². The third-order valence-corrected chi connectivity index (χ3v) is 3.45. The van der Waals surface area contributed by atoms with Crippen molar-refractivity contribution in [3.63, 3.8) is 0 Å². The number of carbonyl (C=O) groups excluding carboxylic acids is 1. The summed E-state index contributed by atoms with van der Waals surface area (Å²) >= 11 is 0. The summed E-state index contributed by atoms with van der Waals surface area (Å²) in [5.41, 5.74) is -0.375. The van der Waals surface area contributed by atoms with Crippen molar-refractivity contribution in [2.75, 3.05) is 27.4 Å². The summed E-state index contributed by atoms with van der Waals surface area (Å²) in [6.07, 6.45) is 2.64. The van der Waals surface area contributed by atoms with Crippen LogP contribution in [0.2, 0.25) is 0 Å². The average molecular weight is 254 g/mol. The highest BCUT2D eigenvalue weighted by atomic mass is 16.5. The van der Waals surface area contributed by atoms with Crippen molar-refractivity contribution in [2.24, 2.45) is 7.05 Å². The van der Waals surface area contributed by atoms with Gasteiger partial charge in [0.25, 0.3) is 0 Å². The number of aromatic nitrogens is 2. The van der Waals surface area contributed by atoms with Gasteiger partial charge in [-0.25, -0.2) is 0 Å². The summed E-state index contributed by atoms with van der Waals surface area (Å²) in [7, 11) is 4.81. The highest BCUT2D eigenvalue weighted by Gasteiger charge is 2.43. The molecule has 0 bridgehead atoms. The first-order valence-electron chi connectivity index (χ1n) is 5.88. The number of hydrogen-bond acceptors (Lipinski definition) is 5. The van der Waals surface area contributed by atoms with E-state index in [9.17, 15) is 4.79 Å². The minimum Gasteiger partial charge on any atom is -0.493 e. The number of ether oxygens (including phenoxy) is 3. The molecular weight excluding hydrogens is 236 g/mol. The molecule has 2 heterocycles. The lowest BCUT2D eigenvalue weighted by Crippen LogP contribution is -2.46. The van der Waals surface area contributed by atoms with E-state index in [0.717, 1.165) is 0 Å². The van der Waals surface area contributed by atoms with Crippen molar-refractivity contribution in [1.29, 1.82) is 0 Å². The second kappa shape index (κ2) is 5.07. The topological polar surface area (TPSA) is 62.6 Å². The lowest BCUT2D eigenvalue weighted by molar-refractivity contribution is -0.0668. The molecule has 1 saturated heterocycles. The van der Waals surface area contributed by atoms with Gasteiger partial charge in [0.1, 0.15) is 11.3 Å². The zero-order valence-electron chi connectivity index (χ0n) is 10.9. The van der Waals surface area contributed by atoms with Crippen LogP contribution in [0, 0.1) is 0 Å². The van der Waals surface area contributed by atoms with E-state index in [1.54, 1.807) is 14.2 Å². The Bertz CT molecular complexity index is 435. The molecule has 1 aliphatic heterocycles. The lowest BCUT2D eigenvalue weighted by Gasteiger charge is -2.34. The molecular formula is C12H18N2O4. The molecule has 1 aromatic rings. The number of ketones is 1. The average Bonchev–Trinajstić information content (AvgIpc) is 2.79. The molecule has 0 aliphatic carbocycles. The van der Waals surface area contributed by atoms with Gasteiger partial charge in [-0.05, 0) is 0 Å². The van der Waals surface area contributed by atoms with Crippen LogP contribution < -0.4 is 4.74 Å². The van der Waals surface area contributed by atoms with Gasteiger partial charge in [-0.1, -0.05) is 0 Å². The number of carbonyl (C=O) groups is 1. The molecule has 6 nitrogen and oxygen atoms in total. The monoisotopic (exact) mass is 254 g/mol. The van der Waals surface area contributed by atoms with E-state index in [-0.39, 0.29) is 5.78 Å². The molecule has 1 aliphatic rings. The van der Waals surface area contributed by atoms with Gasteiger partial charge >= 0.3 is 0 Å². The van der Waals surface area contributed by atoms with Crippen LogP contribution in [-0.4, -0.2) is 48.6 Å². The molecule has 18 heavy (non-hydrogen) atoms. The van der Waals surface area contributed by atoms with Gasteiger partial charge in [0, 0.05) is 40.2 Å². The largest absolute Gasteiger partial charge is 0.493 e. The summed E-state index contributed by atoms with van der Waals surface area (Å²) in [5, 5.41) is 4.05. The van der Waals surface area contributed by atoms with Crippen LogP contribution in [0.4, 0.5) is 0 Å². The van der Waals surface area contributed by atoms with Gasteiger partial charge in [-0.15, -0.1) is 0 Å². The first kappa shape index (κ1) is 13.0. The van der Waals surface area contributed by atoms with Crippen LogP contribution in [0.25, 0.3) is 0 Å². The van der Waals surface area contributed by atoms with Gasteiger partial charge < -0.3 is 14.2 Å². The van der Waals surface area contributed by atoms with E-state index in [0.29, 0.717) is 37.5 Å². The Balaban J connectivity index is 2.36. The van der Waals surface area contributed by atoms with Crippen LogP contribution in [0.1, 0.15) is 23.3 Å². The quantitative estimate of drug-likeness (QED) is 0.744. The molecule has 0 unspecified atom stereocenters. The number of hydrogen-bond donors (Lipinski definition) is 0. The highest BCUT2D eigenvalue weighted by Crippen LogP contribution is 2.31. The number of Topliss-reactive ketones (excluding diaryl/α,β-unsaturated/α-hetero) is 1. The molecule has 0 saturated carbocycles. The number of methoxy groups -OCH3 is 2. The fraction of sp³-hybridized carbons (Fsp3) is 0.667. The third kappa shape index (κ3) is 2.02. The summed E-state index contributed by atoms with van der Waals surface area (Å²) < 4.78 is 17.5. The van der Waals surface area contributed by atoms with Crippen LogP contribution in [-0.2, 0) is 16.5 Å². The predicted molar refractivity (Wildman–Crippen MR) is 63.9 cm³/mol. The standard InChI is InChI=1S/C12H18N2O4/c1-14-10(9(16-2)8-13-14)11(15)12(17-3)4-6-18-7-5-12/h8H,4-7H2,1-3H3. The van der Waals surface area contributed by atoms with Crippen molar-refractivity contribution < 1.29 is 19.0 Å². The Morgan fingerprint density at radius 1 is 1.44 bits per heavy atom. The van der Waals surface area contributed by atoms with Gasteiger partial charge in [0.2, 0.25) is 5.78 Å². The molecule has 0 spiro atoms. The molecule has 0 N–H and O–H groups in total. The van der Waals surface area contributed by atoms with E-state index < -0.39 is 5.60 Å². The van der Waals surface area contributed by atoms with Gasteiger partial charge in [0.05, 0.1) is 13.3 Å². The molecule has 0 radical (unpaired) electrons. The fourth-order valence-electron chi connectivity index (χ4n) is 2.27. The summed E-state index contributed by atoms with van der Waals surface area (Å²) in [6.45, 7) is 1.06. The fourth-order valence-corrected chi connectivity index (χ4v) is 2.27. The summed E-state index contributed by atoms with van der Waals surface area (Å²) in [5.74, 6) is 0.385. The maximum Gasteiger partial charge on any atom is 0.216 e. The second-order valence-electron chi connectivity index (χ2n) is 4.33. The Hall–Kier alpha value is -1.40. The SMILES string of the molecule is COc1cnn(C)c1C(=O)C1(OC)CCOCC1. The lowest BCUT2D eigenvalue weighted by atomic mass is 9.87. The van der Waals surface area contributed by atoms with Crippen LogP contribution in [0.3, 0.4) is 0 Å². The molecule has 1 fully saturated rings. The van der Waals surface area contributed by atoms with E-state index in [1.807, 2.05) is 0 Å². The predicted octanol–water partition coefficient (Wildman–Crippen LogP) is 0.807. The minimum absolute atomic E-state index is 0.0925. The Morgan fingerprint density at radius 2 is 2.11 bits per heavy atom. The smallest absolute Gasteiger partial charge is 0.216 e. The molecule has 0 aromatic carbocycles. The molecule has 2 rings (SSSR count). The number of rotatable bonds is 4. The molecule has 0 atom stereocenters. The van der Waals surface area contributed by atoms with Crippen LogP contribution in [0.15, 0.2) is 6.20 Å². The van der Waals surface area contributed by atoms with E-state index in [4.69, 9.17) is 14.2 Å². The summed E-state index contributed by atoms with van der Waals surface area (Å²) in [4.78, 5) is 12.7. The number of aryl methyl sites for hydroxylation is 1. The maximum absolute atomic E-state index is 12.7. The zero-order chi connectivity index (χ0) is 13.2. The Labute approximate surface area is 106 Å². The molecule has 1 aromatic heterocycles. The number of nitrogens with zero attached hydrogens (tertiary/aromatic N) is 2. The molecule has 0 amide bonds. The molecule has 100 valence electrons. The van der Waals surface area contributed by atoms with Crippen molar-refractivity contribution >= 4 is 5.78 Å². The van der Waals surface area contributed by atoms with Gasteiger partial charge in [-0.2, -0.15) is 5.10 Å². The maximum atomic E-state index is 12.7. The van der Waals surface area contributed by atoms with E-state index >= 15 is 0 Å². The van der Waals surface area contributed by atoms with E-state index in [2.05, 4.69) is 5.10 Å². The molecule has 6 heteroatoms. The Kier molecular flexibility index (Phi) is 3.68. The van der Waals surface area contributed by atoms with Crippen LogP contribution in [0.5, 0.6) is 5.75 Å². The normalized spacial score (nSPS) is 18.6. The minimum atomic E-state index is -0.820. The summed E-state index contributed by atoms with van der Waals surface area (Å²) in [6, 6.07) is 0. The van der Waals surface area contributed by atoms with Crippen molar-refractivity contribution in [3.8, 4) is 5.75 Å². The van der Waals surface area contributed by atoms with Crippen LogP contribution >= 0.6 is 0 Å². The highest BCUT2D eigenvalue weighted by molar-refractivity contribution is 6.03. The zero-order valence-corrected chi connectivity index (χ0v) is 10.9. The third-order valence-electron chi connectivity index (χ3n) is 3.45. The Morgan fingerprint density at radius 3 is 2.67 bits per heavy atom. The first-order valence-corrected chi connectivity index (χ1v) is 5.88. The second-order valence-corrected chi connectivity index (χ2v) is 4.33.